The molecule has 0 spiro atoms. The van der Waals surface area contributed by atoms with Crippen LogP contribution in [-0.4, -0.2) is 15.3 Å². The Kier molecular flexibility index (Phi) is 3.34. The first kappa shape index (κ1) is 14.3. The lowest BCUT2D eigenvalue weighted by Gasteiger charge is -2.06. The highest BCUT2D eigenvalue weighted by Crippen LogP contribution is 2.30. The van der Waals surface area contributed by atoms with Crippen LogP contribution in [0.5, 0.6) is 0 Å². The molecule has 0 saturated carbocycles. The number of fused-ring (bicyclic) bond motifs is 2. The van der Waals surface area contributed by atoms with Crippen LogP contribution in [0.15, 0.2) is 41.8 Å². The molecule has 3 heterocycles. The molecule has 1 aromatic carbocycles. The van der Waals surface area contributed by atoms with E-state index in [2.05, 4.69) is 22.5 Å². The van der Waals surface area contributed by atoms with Gasteiger partial charge in [-0.3, -0.25) is 4.79 Å². The lowest BCUT2D eigenvalue weighted by molar-refractivity contribution is 0.103. The Labute approximate surface area is 138 Å². The van der Waals surface area contributed by atoms with Crippen LogP contribution in [0.25, 0.3) is 21.1 Å². The van der Waals surface area contributed by atoms with Crippen LogP contribution in [0, 0.1) is 6.92 Å². The number of ketones is 1. The molecule has 0 fully saturated rings. The van der Waals surface area contributed by atoms with Crippen molar-refractivity contribution in [3.63, 3.8) is 0 Å². The molecule has 116 valence electrons. The van der Waals surface area contributed by atoms with Gasteiger partial charge in [0, 0.05) is 23.1 Å². The number of aromatic amines is 1. The van der Waals surface area contributed by atoms with Crippen LogP contribution < -0.4 is 0 Å². The van der Waals surface area contributed by atoms with Crippen molar-refractivity contribution in [2.45, 2.75) is 26.8 Å². The molecule has 0 bridgehead atoms. The molecule has 1 N–H and O–H groups in total. The summed E-state index contributed by atoms with van der Waals surface area (Å²) in [4.78, 5) is 16.4. The molecule has 0 aliphatic rings. The number of thiophene rings is 1. The number of nitrogens with zero attached hydrogens (tertiary/aromatic N) is 1. The molecule has 0 radical (unpaired) electrons. The maximum Gasteiger partial charge on any atom is 0.211 e. The summed E-state index contributed by atoms with van der Waals surface area (Å²) in [6.07, 6.45) is 1.05. The fourth-order valence-corrected chi connectivity index (χ4v) is 4.12. The summed E-state index contributed by atoms with van der Waals surface area (Å²) >= 11 is 1.65. The predicted molar refractivity (Wildman–Crippen MR) is 96.6 cm³/mol. The van der Waals surface area contributed by atoms with E-state index in [9.17, 15) is 4.79 Å². The topological polar surface area (TPSA) is 37.8 Å². The van der Waals surface area contributed by atoms with Crippen molar-refractivity contribution in [1.82, 2.24) is 9.55 Å². The minimum absolute atomic E-state index is 0.0805. The number of nitrogens with one attached hydrogen (secondary N) is 1. The Morgan fingerprint density at radius 3 is 2.87 bits per heavy atom. The van der Waals surface area contributed by atoms with Gasteiger partial charge in [0.05, 0.1) is 21.5 Å². The Balaban J connectivity index is 1.92. The number of aryl methyl sites for hydroxylation is 1. The molecule has 0 amide bonds. The highest BCUT2D eigenvalue weighted by Gasteiger charge is 2.22. The molecule has 3 aromatic heterocycles. The van der Waals surface area contributed by atoms with Crippen LogP contribution in [0.1, 0.15) is 35.1 Å². The summed E-state index contributed by atoms with van der Waals surface area (Å²) in [6, 6.07) is 12.2. The Hall–Kier alpha value is -2.33. The summed E-state index contributed by atoms with van der Waals surface area (Å²) in [6.45, 7) is 5.14. The third kappa shape index (κ3) is 2.13. The predicted octanol–water partition coefficient (Wildman–Crippen LogP) is 5.13. The van der Waals surface area contributed by atoms with E-state index >= 15 is 0 Å². The van der Waals surface area contributed by atoms with Crippen molar-refractivity contribution < 1.29 is 4.79 Å². The maximum absolute atomic E-state index is 13.1. The third-order valence-corrected chi connectivity index (χ3v) is 5.25. The molecule has 0 aliphatic heterocycles. The van der Waals surface area contributed by atoms with Gasteiger partial charge in [0.1, 0.15) is 0 Å². The van der Waals surface area contributed by atoms with Crippen molar-refractivity contribution in [2.24, 2.45) is 0 Å². The monoisotopic (exact) mass is 322 g/mol. The third-order valence-electron chi connectivity index (χ3n) is 4.39. The van der Waals surface area contributed by atoms with Gasteiger partial charge in [-0.2, -0.15) is 0 Å². The molecule has 3 nitrogen and oxygen atoms in total. The lowest BCUT2D eigenvalue weighted by atomic mass is 10.0. The second-order valence-electron chi connectivity index (χ2n) is 5.84. The van der Waals surface area contributed by atoms with Crippen molar-refractivity contribution in [1.29, 1.82) is 0 Å². The summed E-state index contributed by atoms with van der Waals surface area (Å²) in [5.41, 5.74) is 4.73. The van der Waals surface area contributed by atoms with Crippen molar-refractivity contribution in [3.05, 3.63) is 58.7 Å². The van der Waals surface area contributed by atoms with Gasteiger partial charge in [0.15, 0.2) is 0 Å². The van der Waals surface area contributed by atoms with Crippen LogP contribution in [0.3, 0.4) is 0 Å². The second kappa shape index (κ2) is 5.39. The standard InChI is InChI=1S/C19H18N2OS/c1-3-9-21-12(2)18(13-6-4-5-7-16(13)21)19(22)15-11-17-14(20-15)8-10-23-17/h4-8,10-11,20H,3,9H2,1-2H3. The molecular formula is C19H18N2OS. The smallest absolute Gasteiger partial charge is 0.211 e. The van der Waals surface area contributed by atoms with E-state index in [0.717, 1.165) is 45.3 Å². The van der Waals surface area contributed by atoms with E-state index in [0.29, 0.717) is 5.69 Å². The second-order valence-corrected chi connectivity index (χ2v) is 6.79. The van der Waals surface area contributed by atoms with Crippen molar-refractivity contribution >= 4 is 38.2 Å². The van der Waals surface area contributed by atoms with E-state index in [1.165, 1.54) is 0 Å². The van der Waals surface area contributed by atoms with Gasteiger partial charge in [-0.05, 0) is 36.9 Å². The quantitative estimate of drug-likeness (QED) is 0.519. The van der Waals surface area contributed by atoms with E-state index in [4.69, 9.17) is 0 Å². The molecular weight excluding hydrogens is 304 g/mol. The summed E-state index contributed by atoms with van der Waals surface area (Å²) in [7, 11) is 0. The summed E-state index contributed by atoms with van der Waals surface area (Å²) < 4.78 is 3.39. The average molecular weight is 322 g/mol. The minimum atomic E-state index is 0.0805. The van der Waals surface area contributed by atoms with Crippen LogP contribution in [0.2, 0.25) is 0 Å². The van der Waals surface area contributed by atoms with Gasteiger partial charge in [0.25, 0.3) is 0 Å². The molecule has 4 heteroatoms. The zero-order chi connectivity index (χ0) is 16.0. The minimum Gasteiger partial charge on any atom is -0.351 e. The first-order valence-corrected chi connectivity index (χ1v) is 8.77. The highest BCUT2D eigenvalue weighted by molar-refractivity contribution is 7.17. The summed E-state index contributed by atoms with van der Waals surface area (Å²) in [5, 5.41) is 3.08. The zero-order valence-corrected chi connectivity index (χ0v) is 14.0. The fourth-order valence-electron chi connectivity index (χ4n) is 3.33. The molecule has 4 aromatic rings. The van der Waals surface area contributed by atoms with Crippen molar-refractivity contribution in [3.8, 4) is 0 Å². The molecule has 23 heavy (non-hydrogen) atoms. The number of carbonyl (C=O) groups is 1. The van der Waals surface area contributed by atoms with Gasteiger partial charge in [-0.1, -0.05) is 25.1 Å². The Bertz CT molecular complexity index is 990. The highest BCUT2D eigenvalue weighted by atomic mass is 32.1. The molecule has 4 rings (SSSR count). The first-order valence-electron chi connectivity index (χ1n) is 7.89. The van der Waals surface area contributed by atoms with Crippen LogP contribution in [0.4, 0.5) is 0 Å². The fraction of sp³-hybridized carbons (Fsp3) is 0.211. The molecule has 0 saturated heterocycles. The van der Waals surface area contributed by atoms with Gasteiger partial charge in [-0.25, -0.2) is 0 Å². The number of aromatic nitrogens is 2. The number of rotatable bonds is 4. The number of benzene rings is 1. The van der Waals surface area contributed by atoms with E-state index in [1.54, 1.807) is 11.3 Å². The number of hydrogen-bond acceptors (Lipinski definition) is 2. The zero-order valence-electron chi connectivity index (χ0n) is 13.2. The van der Waals surface area contributed by atoms with Crippen LogP contribution >= 0.6 is 11.3 Å². The largest absolute Gasteiger partial charge is 0.351 e. The Morgan fingerprint density at radius 2 is 2.09 bits per heavy atom. The maximum atomic E-state index is 13.1. The summed E-state index contributed by atoms with van der Waals surface area (Å²) in [5.74, 6) is 0.0805. The molecule has 0 aliphatic carbocycles. The van der Waals surface area contributed by atoms with Crippen LogP contribution in [-0.2, 0) is 6.54 Å². The number of para-hydroxylation sites is 1. The molecule has 0 atom stereocenters. The lowest BCUT2D eigenvalue weighted by Crippen LogP contribution is -2.05. The van der Waals surface area contributed by atoms with E-state index in [1.807, 2.05) is 42.6 Å². The van der Waals surface area contributed by atoms with Gasteiger partial charge >= 0.3 is 0 Å². The number of hydrogen-bond donors (Lipinski definition) is 1. The average Bonchev–Trinajstić information content (AvgIpc) is 3.20. The van der Waals surface area contributed by atoms with E-state index in [-0.39, 0.29) is 5.78 Å². The Morgan fingerprint density at radius 1 is 1.26 bits per heavy atom. The number of carbonyl (C=O) groups excluding carboxylic acids is 1. The van der Waals surface area contributed by atoms with Gasteiger partial charge in [0.2, 0.25) is 5.78 Å². The SMILES string of the molecule is CCCn1c(C)c(C(=O)c2cc3sccc3[nH]2)c2ccccc21. The van der Waals surface area contributed by atoms with Gasteiger partial charge < -0.3 is 9.55 Å². The van der Waals surface area contributed by atoms with Crippen molar-refractivity contribution in [2.75, 3.05) is 0 Å². The normalized spacial score (nSPS) is 11.6. The first-order chi connectivity index (χ1) is 11.2. The molecule has 0 unspecified atom stereocenters. The van der Waals surface area contributed by atoms with E-state index < -0.39 is 0 Å². The van der Waals surface area contributed by atoms with Gasteiger partial charge in [-0.15, -0.1) is 11.3 Å². The number of H-pyrrole nitrogens is 1.